The largest absolute Gasteiger partial charge is 0.346 e. The Hall–Kier alpha value is -1.83. The van der Waals surface area contributed by atoms with E-state index >= 15 is 0 Å². The zero-order valence-corrected chi connectivity index (χ0v) is 11.9. The van der Waals surface area contributed by atoms with Crippen LogP contribution in [0.1, 0.15) is 29.2 Å². The molecule has 0 aliphatic rings. The van der Waals surface area contributed by atoms with Crippen molar-refractivity contribution >= 4 is 17.4 Å². The molecule has 0 saturated carbocycles. The molecule has 0 aliphatic heterocycles. The maximum atomic E-state index is 12.1. The Morgan fingerprint density at radius 1 is 1.42 bits per heavy atom. The molecule has 8 heteroatoms. The Labute approximate surface area is 115 Å². The maximum Gasteiger partial charge on any atom is 0.265 e. The minimum Gasteiger partial charge on any atom is -0.346 e. The van der Waals surface area contributed by atoms with Crippen LogP contribution in [0.4, 0.5) is 0 Å². The third-order valence-corrected chi connectivity index (χ3v) is 3.63. The van der Waals surface area contributed by atoms with Gasteiger partial charge in [-0.15, -0.1) is 5.10 Å². The predicted molar refractivity (Wildman–Crippen MR) is 70.8 cm³/mol. The van der Waals surface area contributed by atoms with E-state index in [0.717, 1.165) is 11.5 Å². The van der Waals surface area contributed by atoms with Crippen LogP contribution in [-0.2, 0) is 6.54 Å². The van der Waals surface area contributed by atoms with Crippen LogP contribution in [0.5, 0.6) is 0 Å². The van der Waals surface area contributed by atoms with Gasteiger partial charge < -0.3 is 5.32 Å². The van der Waals surface area contributed by atoms with Gasteiger partial charge in [-0.2, -0.15) is 15.0 Å². The summed E-state index contributed by atoms with van der Waals surface area (Å²) in [5, 5.41) is 14.9. The minimum atomic E-state index is -0.140. The molecular formula is C11H16N6OS. The lowest BCUT2D eigenvalue weighted by molar-refractivity contribution is 0.0921. The van der Waals surface area contributed by atoms with Gasteiger partial charge in [-0.1, -0.05) is 18.3 Å². The summed E-state index contributed by atoms with van der Waals surface area (Å²) < 4.78 is 3.77. The molecule has 2 rings (SSSR count). The Morgan fingerprint density at radius 3 is 2.63 bits per heavy atom. The van der Waals surface area contributed by atoms with Crippen molar-refractivity contribution in [2.24, 2.45) is 5.92 Å². The van der Waals surface area contributed by atoms with Gasteiger partial charge in [0.25, 0.3) is 5.91 Å². The van der Waals surface area contributed by atoms with Crippen LogP contribution >= 0.6 is 11.5 Å². The Bertz CT molecular complexity index is 535. The Kier molecular flexibility index (Phi) is 4.20. The third kappa shape index (κ3) is 3.34. The number of aryl methyl sites for hydroxylation is 1. The van der Waals surface area contributed by atoms with Crippen molar-refractivity contribution in [3.05, 3.63) is 23.0 Å². The topological polar surface area (TPSA) is 85.6 Å². The highest BCUT2D eigenvalue weighted by Crippen LogP contribution is 2.11. The molecule has 19 heavy (non-hydrogen) atoms. The maximum absolute atomic E-state index is 12.1. The molecule has 0 aliphatic carbocycles. The van der Waals surface area contributed by atoms with Crippen molar-refractivity contribution in [2.45, 2.75) is 33.4 Å². The smallest absolute Gasteiger partial charge is 0.265 e. The number of hydrogen-bond acceptors (Lipinski definition) is 6. The summed E-state index contributed by atoms with van der Waals surface area (Å²) in [5.74, 6) is 0.134. The molecule has 0 bridgehead atoms. The van der Waals surface area contributed by atoms with Gasteiger partial charge in [0.2, 0.25) is 0 Å². The lowest BCUT2D eigenvalue weighted by Crippen LogP contribution is -2.42. The molecule has 2 aromatic heterocycles. The van der Waals surface area contributed by atoms with Crippen LogP contribution in [0.15, 0.2) is 12.4 Å². The fourth-order valence-corrected chi connectivity index (χ4v) is 2.17. The molecule has 2 heterocycles. The molecule has 1 atom stereocenters. The van der Waals surface area contributed by atoms with Crippen LogP contribution in [0, 0.1) is 12.8 Å². The molecule has 0 fully saturated rings. The molecule has 102 valence electrons. The van der Waals surface area contributed by atoms with Crippen molar-refractivity contribution < 1.29 is 4.79 Å². The molecule has 0 spiro atoms. The monoisotopic (exact) mass is 280 g/mol. The van der Waals surface area contributed by atoms with Gasteiger partial charge in [0.05, 0.1) is 30.7 Å². The number of rotatable bonds is 5. The fourth-order valence-electron chi connectivity index (χ4n) is 1.61. The van der Waals surface area contributed by atoms with E-state index in [1.807, 2.05) is 13.8 Å². The quantitative estimate of drug-likeness (QED) is 0.879. The van der Waals surface area contributed by atoms with Crippen LogP contribution in [0.3, 0.4) is 0 Å². The van der Waals surface area contributed by atoms with Gasteiger partial charge in [0.15, 0.2) is 0 Å². The van der Waals surface area contributed by atoms with E-state index in [4.69, 9.17) is 0 Å². The number of carbonyl (C=O) groups is 1. The van der Waals surface area contributed by atoms with Gasteiger partial charge in [0.1, 0.15) is 4.88 Å². The summed E-state index contributed by atoms with van der Waals surface area (Å²) in [4.78, 5) is 14.3. The Morgan fingerprint density at radius 2 is 2.11 bits per heavy atom. The average Bonchev–Trinajstić information content (AvgIpc) is 2.99. The number of amides is 1. The molecule has 0 radical (unpaired) electrons. The molecule has 7 nitrogen and oxygen atoms in total. The van der Waals surface area contributed by atoms with Gasteiger partial charge >= 0.3 is 0 Å². The number of nitrogens with zero attached hydrogens (tertiary/aromatic N) is 5. The second kappa shape index (κ2) is 5.87. The van der Waals surface area contributed by atoms with E-state index in [2.05, 4.69) is 25.1 Å². The second-order valence-electron chi connectivity index (χ2n) is 4.60. The molecule has 2 aromatic rings. The first kappa shape index (κ1) is 13.6. The first-order valence-corrected chi connectivity index (χ1v) is 6.79. The van der Waals surface area contributed by atoms with E-state index in [-0.39, 0.29) is 17.9 Å². The van der Waals surface area contributed by atoms with E-state index < -0.39 is 0 Å². The van der Waals surface area contributed by atoms with Crippen molar-refractivity contribution in [3.8, 4) is 0 Å². The van der Waals surface area contributed by atoms with Crippen molar-refractivity contribution in [3.63, 3.8) is 0 Å². The highest BCUT2D eigenvalue weighted by Gasteiger charge is 2.21. The molecular weight excluding hydrogens is 264 g/mol. The molecule has 1 N–H and O–H groups in total. The van der Waals surface area contributed by atoms with Gasteiger partial charge in [0, 0.05) is 0 Å². The van der Waals surface area contributed by atoms with Crippen LogP contribution in [0.25, 0.3) is 0 Å². The number of hydrogen-bond donors (Lipinski definition) is 1. The number of nitrogens with one attached hydrogen (secondary N) is 1. The van der Waals surface area contributed by atoms with E-state index in [0.29, 0.717) is 17.1 Å². The summed E-state index contributed by atoms with van der Waals surface area (Å²) in [5.41, 5.74) is 0.655. The summed E-state index contributed by atoms with van der Waals surface area (Å²) in [6.07, 6.45) is 3.24. The molecule has 0 saturated heterocycles. The van der Waals surface area contributed by atoms with Crippen molar-refractivity contribution in [1.29, 1.82) is 0 Å². The number of aromatic nitrogens is 5. The van der Waals surface area contributed by atoms with E-state index in [1.165, 1.54) is 0 Å². The van der Waals surface area contributed by atoms with Gasteiger partial charge in [-0.3, -0.25) is 4.79 Å². The summed E-state index contributed by atoms with van der Waals surface area (Å²) >= 11 is 1.11. The van der Waals surface area contributed by atoms with Crippen molar-refractivity contribution in [2.75, 3.05) is 0 Å². The van der Waals surface area contributed by atoms with E-state index in [9.17, 15) is 4.79 Å². The summed E-state index contributed by atoms with van der Waals surface area (Å²) in [6, 6.07) is -0.0404. The molecule has 1 amide bonds. The van der Waals surface area contributed by atoms with Crippen LogP contribution < -0.4 is 5.32 Å². The van der Waals surface area contributed by atoms with Crippen LogP contribution in [0.2, 0.25) is 0 Å². The third-order valence-electron chi connectivity index (χ3n) is 2.81. The highest BCUT2D eigenvalue weighted by molar-refractivity contribution is 7.08. The minimum absolute atomic E-state index is 0.0404. The van der Waals surface area contributed by atoms with Crippen LogP contribution in [-0.4, -0.2) is 36.5 Å². The summed E-state index contributed by atoms with van der Waals surface area (Å²) in [6.45, 7) is 6.41. The first-order chi connectivity index (χ1) is 9.08. The predicted octanol–water partition coefficient (Wildman–Crippen LogP) is 0.893. The average molecular weight is 280 g/mol. The highest BCUT2D eigenvalue weighted by atomic mass is 32.1. The first-order valence-electron chi connectivity index (χ1n) is 6.02. The summed E-state index contributed by atoms with van der Waals surface area (Å²) in [7, 11) is 0. The number of carbonyl (C=O) groups excluding carboxylic acids is 1. The zero-order valence-electron chi connectivity index (χ0n) is 11.1. The Balaban J connectivity index is 2.05. The van der Waals surface area contributed by atoms with E-state index in [1.54, 1.807) is 24.1 Å². The van der Waals surface area contributed by atoms with Gasteiger partial charge in [-0.25, -0.2) is 0 Å². The molecule has 0 unspecified atom stereocenters. The lowest BCUT2D eigenvalue weighted by Gasteiger charge is -2.21. The second-order valence-corrected chi connectivity index (χ2v) is 5.35. The fraction of sp³-hybridized carbons (Fsp3) is 0.545. The van der Waals surface area contributed by atoms with Gasteiger partial charge in [-0.05, 0) is 24.4 Å². The normalized spacial score (nSPS) is 12.6. The van der Waals surface area contributed by atoms with Crippen molar-refractivity contribution in [1.82, 2.24) is 29.9 Å². The SMILES string of the molecule is Cc1nnsc1C(=O)N[C@H](Cn1nccn1)C(C)C. The molecule has 0 aromatic carbocycles. The lowest BCUT2D eigenvalue weighted by atomic mass is 10.0. The standard InChI is InChI=1S/C11H16N6OS/c1-7(2)9(6-17-12-4-5-13-17)14-11(18)10-8(3)15-16-19-10/h4-5,7,9H,6H2,1-3H3,(H,14,18)/t9-/m1/s1. The zero-order chi connectivity index (χ0) is 13.8.